The van der Waals surface area contributed by atoms with Gasteiger partial charge in [0.15, 0.2) is 6.61 Å². The van der Waals surface area contributed by atoms with Gasteiger partial charge in [-0.2, -0.15) is 0 Å². The molecule has 0 aromatic heterocycles. The number of piperazine rings is 1. The maximum absolute atomic E-state index is 12.1. The van der Waals surface area contributed by atoms with Crippen LogP contribution in [0.25, 0.3) is 0 Å². The van der Waals surface area contributed by atoms with Gasteiger partial charge in [0.1, 0.15) is 5.75 Å². The molecule has 1 aromatic carbocycles. The van der Waals surface area contributed by atoms with Crippen LogP contribution in [0.15, 0.2) is 24.3 Å². The summed E-state index contributed by atoms with van der Waals surface area (Å²) in [7, 11) is 1.72. The van der Waals surface area contributed by atoms with E-state index in [1.54, 1.807) is 31.4 Å². The number of amides is 1. The Balaban J connectivity index is 1.67. The van der Waals surface area contributed by atoms with E-state index in [1.807, 2.05) is 4.90 Å². The first-order valence-corrected chi connectivity index (χ1v) is 7.94. The first kappa shape index (κ1) is 17.1. The van der Waals surface area contributed by atoms with Gasteiger partial charge in [-0.05, 0) is 30.7 Å². The summed E-state index contributed by atoms with van der Waals surface area (Å²) in [5, 5.41) is 0.656. The molecule has 1 saturated heterocycles. The van der Waals surface area contributed by atoms with Gasteiger partial charge >= 0.3 is 0 Å². The maximum atomic E-state index is 12.1. The number of rotatable bonds is 7. The molecule has 1 amide bonds. The number of hydrogen-bond acceptors (Lipinski definition) is 4. The van der Waals surface area contributed by atoms with Gasteiger partial charge in [-0.15, -0.1) is 0 Å². The number of halogens is 1. The van der Waals surface area contributed by atoms with E-state index in [2.05, 4.69) is 4.90 Å². The van der Waals surface area contributed by atoms with Gasteiger partial charge in [-0.3, -0.25) is 9.69 Å². The van der Waals surface area contributed by atoms with E-state index in [0.29, 0.717) is 10.8 Å². The van der Waals surface area contributed by atoms with Crippen LogP contribution in [0.2, 0.25) is 5.02 Å². The van der Waals surface area contributed by atoms with E-state index in [-0.39, 0.29) is 12.5 Å². The van der Waals surface area contributed by atoms with E-state index in [9.17, 15) is 4.79 Å². The predicted molar refractivity (Wildman–Crippen MR) is 86.5 cm³/mol. The molecule has 0 aliphatic carbocycles. The summed E-state index contributed by atoms with van der Waals surface area (Å²) in [6.45, 7) is 5.23. The Hall–Kier alpha value is -1.30. The Morgan fingerprint density at radius 2 is 1.86 bits per heavy atom. The van der Waals surface area contributed by atoms with Crippen LogP contribution in [0.4, 0.5) is 0 Å². The van der Waals surface area contributed by atoms with Crippen LogP contribution >= 0.6 is 11.6 Å². The first-order chi connectivity index (χ1) is 10.7. The molecule has 1 aromatic rings. The molecule has 6 heteroatoms. The summed E-state index contributed by atoms with van der Waals surface area (Å²) in [6, 6.07) is 7.03. The SMILES string of the molecule is COCCCN1CCN(C(=O)COc2ccc(Cl)cc2)CC1. The normalized spacial score (nSPS) is 15.8. The Kier molecular flexibility index (Phi) is 6.96. The topological polar surface area (TPSA) is 42.0 Å². The van der Waals surface area contributed by atoms with Crippen LogP contribution < -0.4 is 4.74 Å². The van der Waals surface area contributed by atoms with Crippen molar-refractivity contribution in [3.8, 4) is 5.75 Å². The van der Waals surface area contributed by atoms with Gasteiger partial charge in [-0.1, -0.05) is 11.6 Å². The van der Waals surface area contributed by atoms with Crippen molar-refractivity contribution < 1.29 is 14.3 Å². The van der Waals surface area contributed by atoms with E-state index in [1.165, 1.54) is 0 Å². The van der Waals surface area contributed by atoms with Gasteiger partial charge in [0.05, 0.1) is 0 Å². The highest BCUT2D eigenvalue weighted by Crippen LogP contribution is 2.15. The second kappa shape index (κ2) is 8.98. The summed E-state index contributed by atoms with van der Waals surface area (Å²) in [4.78, 5) is 16.4. The molecule has 0 spiro atoms. The molecular formula is C16H23ClN2O3. The Labute approximate surface area is 136 Å². The molecule has 1 aliphatic heterocycles. The third-order valence-corrected chi connectivity index (χ3v) is 3.98. The van der Waals surface area contributed by atoms with E-state index in [0.717, 1.165) is 45.8 Å². The Morgan fingerprint density at radius 1 is 1.18 bits per heavy atom. The average molecular weight is 327 g/mol. The molecule has 0 saturated carbocycles. The molecule has 1 aliphatic rings. The zero-order valence-corrected chi connectivity index (χ0v) is 13.7. The predicted octanol–water partition coefficient (Wildman–Crippen LogP) is 1.90. The highest BCUT2D eigenvalue weighted by Gasteiger charge is 2.20. The third kappa shape index (κ3) is 5.48. The first-order valence-electron chi connectivity index (χ1n) is 7.56. The van der Waals surface area contributed by atoms with E-state index >= 15 is 0 Å². The minimum Gasteiger partial charge on any atom is -0.484 e. The zero-order chi connectivity index (χ0) is 15.8. The average Bonchev–Trinajstić information content (AvgIpc) is 2.55. The maximum Gasteiger partial charge on any atom is 0.260 e. The molecule has 1 heterocycles. The smallest absolute Gasteiger partial charge is 0.260 e. The lowest BCUT2D eigenvalue weighted by Gasteiger charge is -2.34. The molecule has 22 heavy (non-hydrogen) atoms. The number of methoxy groups -OCH3 is 1. The molecule has 0 radical (unpaired) electrons. The molecule has 0 unspecified atom stereocenters. The fraction of sp³-hybridized carbons (Fsp3) is 0.562. The summed E-state index contributed by atoms with van der Waals surface area (Å²) in [5.41, 5.74) is 0. The van der Waals surface area contributed by atoms with Crippen LogP contribution in [0.5, 0.6) is 5.75 Å². The minimum absolute atomic E-state index is 0.0338. The number of ether oxygens (including phenoxy) is 2. The highest BCUT2D eigenvalue weighted by molar-refractivity contribution is 6.30. The number of nitrogens with zero attached hydrogens (tertiary/aromatic N) is 2. The van der Waals surface area contributed by atoms with Crippen LogP contribution in [0.3, 0.4) is 0 Å². The summed E-state index contributed by atoms with van der Waals surface area (Å²) in [5.74, 6) is 0.697. The quantitative estimate of drug-likeness (QED) is 0.718. The summed E-state index contributed by atoms with van der Waals surface area (Å²) < 4.78 is 10.6. The fourth-order valence-electron chi connectivity index (χ4n) is 2.42. The van der Waals surface area contributed by atoms with Crippen molar-refractivity contribution in [2.45, 2.75) is 6.42 Å². The molecule has 0 bridgehead atoms. The van der Waals surface area contributed by atoms with Crippen LogP contribution in [0.1, 0.15) is 6.42 Å². The molecular weight excluding hydrogens is 304 g/mol. The van der Waals surface area contributed by atoms with Gasteiger partial charge in [0.2, 0.25) is 0 Å². The van der Waals surface area contributed by atoms with E-state index < -0.39 is 0 Å². The number of benzene rings is 1. The zero-order valence-electron chi connectivity index (χ0n) is 13.0. The van der Waals surface area contributed by atoms with Gasteiger partial charge in [-0.25, -0.2) is 0 Å². The largest absolute Gasteiger partial charge is 0.484 e. The summed E-state index contributed by atoms with van der Waals surface area (Å²) >= 11 is 5.81. The van der Waals surface area contributed by atoms with Crippen molar-refractivity contribution in [2.75, 3.05) is 53.0 Å². The number of carbonyl (C=O) groups excluding carboxylic acids is 1. The van der Waals surface area contributed by atoms with Crippen molar-refractivity contribution in [1.82, 2.24) is 9.80 Å². The second-order valence-corrected chi connectivity index (χ2v) is 5.75. The number of carbonyl (C=O) groups is 1. The second-order valence-electron chi connectivity index (χ2n) is 5.31. The molecule has 5 nitrogen and oxygen atoms in total. The van der Waals surface area contributed by atoms with Gasteiger partial charge in [0, 0.05) is 51.5 Å². The van der Waals surface area contributed by atoms with Crippen molar-refractivity contribution in [2.24, 2.45) is 0 Å². The standard InChI is InChI=1S/C16H23ClN2O3/c1-21-12-2-7-18-8-10-19(11-9-18)16(20)13-22-15-5-3-14(17)4-6-15/h3-6H,2,7-13H2,1H3. The van der Waals surface area contributed by atoms with Crippen LogP contribution in [0, 0.1) is 0 Å². The molecule has 0 atom stereocenters. The Bertz CT molecular complexity index is 459. The lowest BCUT2D eigenvalue weighted by atomic mass is 10.3. The van der Waals surface area contributed by atoms with Crippen molar-refractivity contribution in [1.29, 1.82) is 0 Å². The van der Waals surface area contributed by atoms with Crippen LogP contribution in [-0.2, 0) is 9.53 Å². The molecule has 122 valence electrons. The minimum atomic E-state index is 0.0338. The van der Waals surface area contributed by atoms with Gasteiger partial charge < -0.3 is 14.4 Å². The third-order valence-electron chi connectivity index (χ3n) is 3.72. The van der Waals surface area contributed by atoms with E-state index in [4.69, 9.17) is 21.1 Å². The number of hydrogen-bond donors (Lipinski definition) is 0. The molecule has 1 fully saturated rings. The molecule has 0 N–H and O–H groups in total. The highest BCUT2D eigenvalue weighted by atomic mass is 35.5. The summed E-state index contributed by atoms with van der Waals surface area (Å²) in [6.07, 6.45) is 1.03. The van der Waals surface area contributed by atoms with Crippen molar-refractivity contribution in [3.63, 3.8) is 0 Å². The Morgan fingerprint density at radius 3 is 2.50 bits per heavy atom. The molecule has 2 rings (SSSR count). The lowest BCUT2D eigenvalue weighted by molar-refractivity contribution is -0.135. The van der Waals surface area contributed by atoms with Crippen molar-refractivity contribution >= 4 is 17.5 Å². The van der Waals surface area contributed by atoms with Crippen molar-refractivity contribution in [3.05, 3.63) is 29.3 Å². The monoisotopic (exact) mass is 326 g/mol. The van der Waals surface area contributed by atoms with Gasteiger partial charge in [0.25, 0.3) is 5.91 Å². The lowest BCUT2D eigenvalue weighted by Crippen LogP contribution is -2.50. The van der Waals surface area contributed by atoms with Crippen LogP contribution in [-0.4, -0.2) is 68.8 Å². The fourth-order valence-corrected chi connectivity index (χ4v) is 2.55.